The van der Waals surface area contributed by atoms with Gasteiger partial charge in [-0.25, -0.2) is 9.59 Å². The number of aliphatic hydroxyl groups is 1. The lowest BCUT2D eigenvalue weighted by molar-refractivity contribution is -0.145. The predicted molar refractivity (Wildman–Crippen MR) is 185 cm³/mol. The highest BCUT2D eigenvalue weighted by molar-refractivity contribution is 6.30. The lowest BCUT2D eigenvalue weighted by Gasteiger charge is -2.30. The third-order valence-electron chi connectivity index (χ3n) is 7.74. The first kappa shape index (κ1) is 37.3. The van der Waals surface area contributed by atoms with Crippen LogP contribution in [0, 0.1) is 0 Å². The van der Waals surface area contributed by atoms with Crippen molar-refractivity contribution in [3.63, 3.8) is 0 Å². The van der Waals surface area contributed by atoms with Crippen LogP contribution in [-0.2, 0) is 32.2 Å². The molecule has 0 bridgehead atoms. The van der Waals surface area contributed by atoms with E-state index < -0.39 is 47.2 Å². The molecule has 0 aliphatic carbocycles. The largest absolute Gasteiger partial charge is 0.456 e. The first-order valence-electron chi connectivity index (χ1n) is 16.3. The topological polar surface area (TPSA) is 147 Å². The number of esters is 1. The Labute approximate surface area is 292 Å². The highest BCUT2D eigenvalue weighted by Gasteiger charge is 2.40. The Morgan fingerprint density at radius 2 is 1.63 bits per heavy atom. The number of amides is 3. The number of aliphatic hydroxyl groups excluding tert-OH is 1. The van der Waals surface area contributed by atoms with Crippen molar-refractivity contribution in [1.82, 2.24) is 20.5 Å². The Morgan fingerprint density at radius 3 is 2.31 bits per heavy atom. The molecule has 49 heavy (non-hydrogen) atoms. The van der Waals surface area contributed by atoms with E-state index in [9.17, 15) is 24.3 Å². The molecule has 12 heteroatoms. The van der Waals surface area contributed by atoms with Gasteiger partial charge in [0.05, 0.1) is 17.2 Å². The highest BCUT2D eigenvalue weighted by atomic mass is 35.5. The summed E-state index contributed by atoms with van der Waals surface area (Å²) in [7, 11) is 0. The molecule has 0 saturated carbocycles. The lowest BCUT2D eigenvalue weighted by Crippen LogP contribution is -2.50. The molecule has 3 N–H and O–H groups in total. The summed E-state index contributed by atoms with van der Waals surface area (Å²) in [4.78, 5) is 58.4. The first-order valence-corrected chi connectivity index (χ1v) is 16.6. The summed E-state index contributed by atoms with van der Waals surface area (Å²) in [5.74, 6) is -2.46. The van der Waals surface area contributed by atoms with Gasteiger partial charge < -0.3 is 30.1 Å². The maximum atomic E-state index is 14.0. The average Bonchev–Trinajstić information content (AvgIpc) is 3.52. The molecule has 0 unspecified atom stereocenters. The summed E-state index contributed by atoms with van der Waals surface area (Å²) in [6.07, 6.45) is 0.375. The van der Waals surface area contributed by atoms with Crippen molar-refractivity contribution in [2.75, 3.05) is 6.54 Å². The van der Waals surface area contributed by atoms with E-state index >= 15 is 0 Å². The number of carbonyl (C=O) groups is 4. The standard InChI is InChI=1S/C37H45ClN4O7/c1-36(2,3)48-34(46)24-12-9-11-23(19-24)30(28-13-7-8-17-39-28)31(43)33(45)42-18-10-14-29(42)32(44)40-22-26-20-27(38)16-15-25(26)21-41-35(47)49-37(4,5)6/h7-9,11-13,15-17,19-20,29-31,43H,10,14,18,21-22H2,1-6H3,(H,40,44)(H,41,47)/t29-,30+,31+/m0/s1. The molecule has 1 saturated heterocycles. The monoisotopic (exact) mass is 692 g/mol. The molecule has 1 aromatic heterocycles. The average molecular weight is 693 g/mol. The van der Waals surface area contributed by atoms with Gasteiger partial charge in [0.2, 0.25) is 5.91 Å². The van der Waals surface area contributed by atoms with E-state index in [0.717, 1.165) is 5.56 Å². The first-order chi connectivity index (χ1) is 23.0. The molecule has 2 heterocycles. The molecule has 0 radical (unpaired) electrons. The summed E-state index contributed by atoms with van der Waals surface area (Å²) in [5, 5.41) is 17.8. The van der Waals surface area contributed by atoms with E-state index in [1.54, 1.807) is 108 Å². The quantitative estimate of drug-likeness (QED) is 0.236. The normalized spacial score (nSPS) is 16.0. The number of hydrogen-bond donors (Lipinski definition) is 3. The maximum Gasteiger partial charge on any atom is 0.407 e. The van der Waals surface area contributed by atoms with Crippen LogP contribution in [0.2, 0.25) is 5.02 Å². The molecule has 1 aliphatic rings. The van der Waals surface area contributed by atoms with Crippen LogP contribution in [0.1, 0.15) is 93.0 Å². The van der Waals surface area contributed by atoms with E-state index in [0.29, 0.717) is 34.7 Å². The summed E-state index contributed by atoms with van der Waals surface area (Å²) < 4.78 is 10.9. The Bertz CT molecular complexity index is 1650. The minimum Gasteiger partial charge on any atom is -0.456 e. The fraction of sp³-hybridized carbons (Fsp3) is 0.432. The minimum absolute atomic E-state index is 0.0971. The molecule has 11 nitrogen and oxygen atoms in total. The molecular weight excluding hydrogens is 648 g/mol. The van der Waals surface area contributed by atoms with Crippen molar-refractivity contribution in [2.45, 2.75) is 96.7 Å². The zero-order chi connectivity index (χ0) is 35.9. The number of nitrogens with zero attached hydrogens (tertiary/aromatic N) is 2. The van der Waals surface area contributed by atoms with Gasteiger partial charge >= 0.3 is 12.1 Å². The molecule has 3 aromatic rings. The van der Waals surface area contributed by atoms with Crippen LogP contribution in [0.25, 0.3) is 0 Å². The molecule has 262 valence electrons. The van der Waals surface area contributed by atoms with Crippen molar-refractivity contribution in [2.24, 2.45) is 0 Å². The van der Waals surface area contributed by atoms with Crippen molar-refractivity contribution >= 4 is 35.5 Å². The van der Waals surface area contributed by atoms with E-state index in [1.165, 1.54) is 4.90 Å². The Balaban J connectivity index is 1.50. The van der Waals surface area contributed by atoms with Crippen LogP contribution in [-0.4, -0.2) is 68.8 Å². The number of nitrogens with one attached hydrogen (secondary N) is 2. The lowest BCUT2D eigenvalue weighted by atomic mass is 9.88. The Morgan fingerprint density at radius 1 is 0.918 bits per heavy atom. The summed E-state index contributed by atoms with van der Waals surface area (Å²) >= 11 is 6.26. The van der Waals surface area contributed by atoms with Crippen molar-refractivity contribution in [3.05, 3.63) is 99.8 Å². The second-order valence-electron chi connectivity index (χ2n) is 14.0. The Hall–Kier alpha value is -4.48. The van der Waals surface area contributed by atoms with Gasteiger partial charge in [0, 0.05) is 30.9 Å². The highest BCUT2D eigenvalue weighted by Crippen LogP contribution is 2.31. The van der Waals surface area contributed by atoms with Gasteiger partial charge in [0.15, 0.2) is 0 Å². The Kier molecular flexibility index (Phi) is 12.1. The summed E-state index contributed by atoms with van der Waals surface area (Å²) in [6.45, 7) is 11.2. The number of carbonyl (C=O) groups excluding carboxylic acids is 4. The third kappa shape index (κ3) is 10.5. The van der Waals surface area contributed by atoms with Crippen molar-refractivity contribution in [1.29, 1.82) is 0 Å². The second-order valence-corrected chi connectivity index (χ2v) is 14.4. The molecule has 3 atom stereocenters. The van der Waals surface area contributed by atoms with E-state index in [-0.39, 0.29) is 31.1 Å². The van der Waals surface area contributed by atoms with Crippen LogP contribution in [0.15, 0.2) is 66.9 Å². The zero-order valence-electron chi connectivity index (χ0n) is 28.8. The number of ether oxygens (including phenoxy) is 2. The minimum atomic E-state index is -1.60. The van der Waals surface area contributed by atoms with Gasteiger partial charge in [-0.15, -0.1) is 0 Å². The van der Waals surface area contributed by atoms with Crippen LogP contribution in [0.3, 0.4) is 0 Å². The van der Waals surface area contributed by atoms with Gasteiger partial charge in [-0.05, 0) is 107 Å². The molecular formula is C37H45ClN4O7. The van der Waals surface area contributed by atoms with Crippen LogP contribution < -0.4 is 10.6 Å². The number of rotatable bonds is 10. The number of halogens is 1. The molecule has 2 aromatic carbocycles. The number of benzene rings is 2. The zero-order valence-corrected chi connectivity index (χ0v) is 29.5. The van der Waals surface area contributed by atoms with Gasteiger partial charge in [-0.3, -0.25) is 14.6 Å². The SMILES string of the molecule is CC(C)(C)OC(=O)NCc1ccc(Cl)cc1CNC(=O)[C@@H]1CCCN1C(=O)[C@H](O)[C@H](c1cccc(C(=O)OC(C)(C)C)c1)c1ccccn1. The number of alkyl carbamates (subject to hydrolysis) is 1. The maximum absolute atomic E-state index is 14.0. The third-order valence-corrected chi connectivity index (χ3v) is 7.97. The van der Waals surface area contributed by atoms with Gasteiger partial charge in [-0.1, -0.05) is 35.9 Å². The number of pyridine rings is 1. The van der Waals surface area contributed by atoms with Crippen LogP contribution in [0.4, 0.5) is 4.79 Å². The molecule has 3 amide bonds. The van der Waals surface area contributed by atoms with Crippen LogP contribution in [0.5, 0.6) is 0 Å². The molecule has 4 rings (SSSR count). The second kappa shape index (κ2) is 15.8. The van der Waals surface area contributed by atoms with E-state index in [4.69, 9.17) is 21.1 Å². The van der Waals surface area contributed by atoms with Gasteiger partial charge in [-0.2, -0.15) is 0 Å². The van der Waals surface area contributed by atoms with Crippen molar-refractivity contribution < 1.29 is 33.8 Å². The van der Waals surface area contributed by atoms with Crippen LogP contribution >= 0.6 is 11.6 Å². The molecule has 1 aliphatic heterocycles. The fourth-order valence-corrected chi connectivity index (χ4v) is 5.79. The van der Waals surface area contributed by atoms with E-state index in [1.807, 2.05) is 0 Å². The number of hydrogen-bond acceptors (Lipinski definition) is 8. The van der Waals surface area contributed by atoms with E-state index in [2.05, 4.69) is 15.6 Å². The smallest absolute Gasteiger partial charge is 0.407 e. The number of likely N-dealkylation sites (tertiary alicyclic amines) is 1. The number of aromatic nitrogens is 1. The predicted octanol–water partition coefficient (Wildman–Crippen LogP) is 5.52. The van der Waals surface area contributed by atoms with Crippen molar-refractivity contribution in [3.8, 4) is 0 Å². The summed E-state index contributed by atoms with van der Waals surface area (Å²) in [6, 6.07) is 16.1. The fourth-order valence-electron chi connectivity index (χ4n) is 5.60. The van der Waals surface area contributed by atoms with Gasteiger partial charge in [0.25, 0.3) is 5.91 Å². The molecule has 0 spiro atoms. The summed E-state index contributed by atoms with van der Waals surface area (Å²) in [5.41, 5.74) is 1.26. The molecule has 1 fully saturated rings. The van der Waals surface area contributed by atoms with Gasteiger partial charge in [0.1, 0.15) is 23.3 Å².